The minimum absolute atomic E-state index is 0.567. The summed E-state index contributed by atoms with van der Waals surface area (Å²) in [4.78, 5) is 6.71. The number of para-hydroxylation sites is 1. The molecule has 0 saturated carbocycles. The maximum Gasteiger partial charge on any atom is 0.129 e. The number of ether oxygens (including phenoxy) is 1. The molecule has 0 bridgehead atoms. The first-order chi connectivity index (χ1) is 8.81. The van der Waals surface area contributed by atoms with Crippen LogP contribution in [0.1, 0.15) is 0 Å². The second-order valence-electron chi connectivity index (χ2n) is 4.18. The lowest BCUT2D eigenvalue weighted by atomic mass is 10.2. The molecular formula is C14H19N3O. The van der Waals surface area contributed by atoms with Gasteiger partial charge in [0, 0.05) is 25.5 Å². The Morgan fingerprint density at radius 2 is 2.00 bits per heavy atom. The van der Waals surface area contributed by atoms with Gasteiger partial charge in [-0.3, -0.25) is 0 Å². The fourth-order valence-corrected chi connectivity index (χ4v) is 1.77. The molecule has 4 heteroatoms. The van der Waals surface area contributed by atoms with Crippen LogP contribution in [-0.4, -0.2) is 38.3 Å². The summed E-state index contributed by atoms with van der Waals surface area (Å²) in [5.74, 6) is 0.963. The van der Waals surface area contributed by atoms with Crippen molar-refractivity contribution in [2.45, 2.75) is 0 Å². The number of aromatic nitrogens is 1. The highest BCUT2D eigenvalue weighted by Gasteiger charge is 2.03. The highest BCUT2D eigenvalue weighted by Crippen LogP contribution is 2.16. The summed E-state index contributed by atoms with van der Waals surface area (Å²) in [6.07, 6.45) is 0. The second kappa shape index (κ2) is 6.33. The van der Waals surface area contributed by atoms with Crippen LogP contribution in [0, 0.1) is 0 Å². The molecule has 0 fully saturated rings. The molecule has 0 radical (unpaired) electrons. The van der Waals surface area contributed by atoms with Crippen molar-refractivity contribution in [2.75, 3.05) is 38.3 Å². The highest BCUT2D eigenvalue weighted by molar-refractivity contribution is 5.80. The third kappa shape index (κ3) is 3.18. The average Bonchev–Trinajstić information content (AvgIpc) is 2.43. The molecule has 1 aromatic carbocycles. The normalized spacial score (nSPS) is 10.8. The Kier molecular flexibility index (Phi) is 4.50. The lowest BCUT2D eigenvalue weighted by molar-refractivity contribution is 0.148. The van der Waals surface area contributed by atoms with Crippen LogP contribution in [0.15, 0.2) is 36.4 Å². The van der Waals surface area contributed by atoms with E-state index in [1.165, 1.54) is 0 Å². The lowest BCUT2D eigenvalue weighted by Gasteiger charge is -2.18. The monoisotopic (exact) mass is 245 g/mol. The zero-order chi connectivity index (χ0) is 12.8. The number of anilines is 1. The smallest absolute Gasteiger partial charge is 0.129 e. The van der Waals surface area contributed by atoms with Gasteiger partial charge in [0.1, 0.15) is 5.82 Å². The summed E-state index contributed by atoms with van der Waals surface area (Å²) >= 11 is 0. The van der Waals surface area contributed by atoms with E-state index >= 15 is 0 Å². The Morgan fingerprint density at radius 1 is 1.17 bits per heavy atom. The Bertz CT molecular complexity index is 501. The summed E-state index contributed by atoms with van der Waals surface area (Å²) in [5.41, 5.74) is 6.39. The van der Waals surface area contributed by atoms with Crippen LogP contribution in [0.5, 0.6) is 0 Å². The third-order valence-electron chi connectivity index (χ3n) is 2.81. The summed E-state index contributed by atoms with van der Waals surface area (Å²) in [6.45, 7) is 2.66. The van der Waals surface area contributed by atoms with Gasteiger partial charge in [-0.2, -0.15) is 0 Å². The van der Waals surface area contributed by atoms with Crippen molar-refractivity contribution in [3.63, 3.8) is 0 Å². The lowest BCUT2D eigenvalue weighted by Crippen LogP contribution is -2.24. The average molecular weight is 245 g/mol. The molecule has 0 saturated heterocycles. The van der Waals surface area contributed by atoms with E-state index in [-0.39, 0.29) is 0 Å². The number of fused-ring (bicyclic) bond motifs is 1. The first-order valence-corrected chi connectivity index (χ1v) is 6.16. The molecule has 18 heavy (non-hydrogen) atoms. The van der Waals surface area contributed by atoms with Gasteiger partial charge in [-0.25, -0.2) is 4.98 Å². The summed E-state index contributed by atoms with van der Waals surface area (Å²) in [5, 5.41) is 1.16. The first-order valence-electron chi connectivity index (χ1n) is 6.16. The molecule has 0 amide bonds. The highest BCUT2D eigenvalue weighted by atomic mass is 16.5. The van der Waals surface area contributed by atoms with Crippen LogP contribution in [0.25, 0.3) is 10.9 Å². The Hall–Kier alpha value is -1.65. The van der Waals surface area contributed by atoms with Crippen molar-refractivity contribution in [3.05, 3.63) is 36.4 Å². The number of hydrogen-bond donors (Lipinski definition) is 1. The largest absolute Gasteiger partial charge is 0.378 e. The fraction of sp³-hybridized carbons (Fsp3) is 0.357. The van der Waals surface area contributed by atoms with Gasteiger partial charge in [0.2, 0.25) is 0 Å². The van der Waals surface area contributed by atoms with Crippen molar-refractivity contribution in [2.24, 2.45) is 5.73 Å². The van der Waals surface area contributed by atoms with Crippen LogP contribution in [0.4, 0.5) is 5.82 Å². The van der Waals surface area contributed by atoms with Gasteiger partial charge >= 0.3 is 0 Å². The molecule has 0 atom stereocenters. The van der Waals surface area contributed by atoms with Crippen LogP contribution < -0.4 is 10.6 Å². The van der Waals surface area contributed by atoms with Gasteiger partial charge < -0.3 is 15.4 Å². The number of benzene rings is 1. The standard InChI is InChI=1S/C14H19N3O/c1-17(9-11-18-10-8-15)14-7-6-12-4-2-3-5-13(12)16-14/h2-7H,8-11,15H2,1H3. The summed E-state index contributed by atoms with van der Waals surface area (Å²) in [7, 11) is 2.02. The topological polar surface area (TPSA) is 51.4 Å². The van der Waals surface area contributed by atoms with Gasteiger partial charge in [0.25, 0.3) is 0 Å². The van der Waals surface area contributed by atoms with Gasteiger partial charge in [-0.1, -0.05) is 18.2 Å². The molecule has 0 aliphatic heterocycles. The van der Waals surface area contributed by atoms with Crippen LogP contribution >= 0.6 is 0 Å². The number of likely N-dealkylation sites (N-methyl/N-ethyl adjacent to an activating group) is 1. The van der Waals surface area contributed by atoms with Crippen molar-refractivity contribution in [1.82, 2.24) is 4.98 Å². The molecule has 4 nitrogen and oxygen atoms in total. The molecule has 2 N–H and O–H groups in total. The molecule has 2 aromatic rings. The van der Waals surface area contributed by atoms with E-state index < -0.39 is 0 Å². The molecule has 0 spiro atoms. The third-order valence-corrected chi connectivity index (χ3v) is 2.81. The minimum Gasteiger partial charge on any atom is -0.378 e. The van der Waals surface area contributed by atoms with E-state index in [4.69, 9.17) is 10.5 Å². The number of pyridine rings is 1. The molecule has 1 heterocycles. The van der Waals surface area contributed by atoms with Crippen molar-refractivity contribution < 1.29 is 4.74 Å². The first kappa shape index (κ1) is 12.8. The van der Waals surface area contributed by atoms with Gasteiger partial charge in [0.05, 0.1) is 18.7 Å². The van der Waals surface area contributed by atoms with Crippen LogP contribution in [0.3, 0.4) is 0 Å². The van der Waals surface area contributed by atoms with Gasteiger partial charge in [-0.05, 0) is 18.2 Å². The van der Waals surface area contributed by atoms with Gasteiger partial charge in [0.15, 0.2) is 0 Å². The summed E-state index contributed by atoms with van der Waals surface area (Å²) in [6, 6.07) is 12.2. The number of nitrogens with two attached hydrogens (primary N) is 1. The molecule has 1 aromatic heterocycles. The molecule has 2 rings (SSSR count). The van der Waals surface area contributed by atoms with Crippen molar-refractivity contribution >= 4 is 16.7 Å². The van der Waals surface area contributed by atoms with E-state index in [1.807, 2.05) is 31.3 Å². The number of hydrogen-bond acceptors (Lipinski definition) is 4. The van der Waals surface area contributed by atoms with E-state index in [1.54, 1.807) is 0 Å². The maximum atomic E-state index is 5.37. The maximum absolute atomic E-state index is 5.37. The van der Waals surface area contributed by atoms with E-state index in [2.05, 4.69) is 22.0 Å². The predicted molar refractivity (Wildman–Crippen MR) is 74.9 cm³/mol. The molecule has 0 aliphatic carbocycles. The molecule has 0 aliphatic rings. The Balaban J connectivity index is 2.01. The predicted octanol–water partition coefficient (Wildman–Crippen LogP) is 1.65. The van der Waals surface area contributed by atoms with E-state index in [9.17, 15) is 0 Å². The van der Waals surface area contributed by atoms with Crippen molar-refractivity contribution in [1.29, 1.82) is 0 Å². The van der Waals surface area contributed by atoms with Crippen LogP contribution in [-0.2, 0) is 4.74 Å². The molecule has 96 valence electrons. The van der Waals surface area contributed by atoms with Crippen molar-refractivity contribution in [3.8, 4) is 0 Å². The summed E-state index contributed by atoms with van der Waals surface area (Å²) < 4.78 is 5.37. The van der Waals surface area contributed by atoms with Crippen LogP contribution in [0.2, 0.25) is 0 Å². The quantitative estimate of drug-likeness (QED) is 0.786. The van der Waals surface area contributed by atoms with E-state index in [0.717, 1.165) is 23.3 Å². The zero-order valence-electron chi connectivity index (χ0n) is 10.7. The van der Waals surface area contributed by atoms with E-state index in [0.29, 0.717) is 19.8 Å². The fourth-order valence-electron chi connectivity index (χ4n) is 1.77. The number of rotatable bonds is 6. The molecular weight excluding hydrogens is 226 g/mol. The number of nitrogens with zero attached hydrogens (tertiary/aromatic N) is 2. The SMILES string of the molecule is CN(CCOCCN)c1ccc2ccccc2n1. The Morgan fingerprint density at radius 3 is 2.83 bits per heavy atom. The second-order valence-corrected chi connectivity index (χ2v) is 4.18. The zero-order valence-corrected chi connectivity index (χ0v) is 10.7. The molecule has 0 unspecified atom stereocenters. The Labute approximate surface area is 107 Å². The van der Waals surface area contributed by atoms with Gasteiger partial charge in [-0.15, -0.1) is 0 Å². The minimum atomic E-state index is 0.567.